The SMILES string of the molecule is CCCCC(CN)NC(=O)c1cc2ccc(F)cc2s1. The Bertz CT molecular complexity index is 597. The van der Waals surface area contributed by atoms with Crippen LogP contribution >= 0.6 is 11.3 Å². The number of nitrogens with two attached hydrogens (primary N) is 1. The monoisotopic (exact) mass is 294 g/mol. The molecule has 0 bridgehead atoms. The molecule has 0 saturated heterocycles. The van der Waals surface area contributed by atoms with Gasteiger partial charge in [0.05, 0.1) is 4.88 Å². The zero-order valence-corrected chi connectivity index (χ0v) is 12.3. The number of unbranched alkanes of at least 4 members (excludes halogenated alkanes) is 1. The topological polar surface area (TPSA) is 55.1 Å². The first-order valence-corrected chi connectivity index (χ1v) is 7.65. The summed E-state index contributed by atoms with van der Waals surface area (Å²) in [7, 11) is 0. The summed E-state index contributed by atoms with van der Waals surface area (Å²) >= 11 is 1.30. The molecule has 3 nitrogen and oxygen atoms in total. The minimum Gasteiger partial charge on any atom is -0.347 e. The molecule has 20 heavy (non-hydrogen) atoms. The van der Waals surface area contributed by atoms with Gasteiger partial charge in [-0.25, -0.2) is 4.39 Å². The van der Waals surface area contributed by atoms with Crippen molar-refractivity contribution in [1.82, 2.24) is 5.32 Å². The fraction of sp³-hybridized carbons (Fsp3) is 0.400. The van der Waals surface area contributed by atoms with Crippen molar-refractivity contribution in [3.05, 3.63) is 35.0 Å². The zero-order valence-electron chi connectivity index (χ0n) is 11.5. The van der Waals surface area contributed by atoms with Gasteiger partial charge in [-0.2, -0.15) is 0 Å². The quantitative estimate of drug-likeness (QED) is 0.859. The van der Waals surface area contributed by atoms with Gasteiger partial charge in [-0.15, -0.1) is 11.3 Å². The second kappa shape index (κ2) is 6.81. The lowest BCUT2D eigenvalue weighted by Crippen LogP contribution is -2.39. The minimum absolute atomic E-state index is 0.00407. The summed E-state index contributed by atoms with van der Waals surface area (Å²) in [6.07, 6.45) is 3.01. The molecule has 1 atom stereocenters. The van der Waals surface area contributed by atoms with Gasteiger partial charge in [-0.3, -0.25) is 4.79 Å². The number of benzene rings is 1. The van der Waals surface area contributed by atoms with E-state index in [0.717, 1.165) is 29.3 Å². The van der Waals surface area contributed by atoms with Crippen LogP contribution in [-0.4, -0.2) is 18.5 Å². The number of halogens is 1. The van der Waals surface area contributed by atoms with Gasteiger partial charge in [0.1, 0.15) is 5.82 Å². The van der Waals surface area contributed by atoms with Crippen LogP contribution < -0.4 is 11.1 Å². The molecule has 1 amide bonds. The molecule has 0 spiro atoms. The third-order valence-corrected chi connectivity index (χ3v) is 4.33. The molecule has 1 aromatic heterocycles. The van der Waals surface area contributed by atoms with Gasteiger partial charge in [-0.05, 0) is 30.0 Å². The van der Waals surface area contributed by atoms with Crippen LogP contribution in [0.2, 0.25) is 0 Å². The van der Waals surface area contributed by atoms with Crippen LogP contribution in [-0.2, 0) is 0 Å². The second-order valence-corrected chi connectivity index (χ2v) is 5.92. The first kappa shape index (κ1) is 14.9. The molecule has 0 saturated carbocycles. The maximum Gasteiger partial charge on any atom is 0.261 e. The molecule has 2 aromatic rings. The highest BCUT2D eigenvalue weighted by molar-refractivity contribution is 7.20. The Morgan fingerprint density at radius 3 is 2.95 bits per heavy atom. The Morgan fingerprint density at radius 1 is 1.45 bits per heavy atom. The van der Waals surface area contributed by atoms with Crippen molar-refractivity contribution in [2.45, 2.75) is 32.2 Å². The minimum atomic E-state index is -0.283. The molecular weight excluding hydrogens is 275 g/mol. The summed E-state index contributed by atoms with van der Waals surface area (Å²) in [5.41, 5.74) is 5.67. The predicted octanol–water partition coefficient (Wildman–Crippen LogP) is 3.29. The number of amides is 1. The van der Waals surface area contributed by atoms with E-state index in [9.17, 15) is 9.18 Å². The number of carbonyl (C=O) groups excluding carboxylic acids is 1. The number of carbonyl (C=O) groups is 1. The number of rotatable bonds is 6. The molecule has 1 heterocycles. The second-order valence-electron chi connectivity index (χ2n) is 4.84. The summed E-state index contributed by atoms with van der Waals surface area (Å²) in [5, 5.41) is 3.83. The smallest absolute Gasteiger partial charge is 0.261 e. The average molecular weight is 294 g/mol. The Labute approximate surface area is 122 Å². The van der Waals surface area contributed by atoms with Crippen molar-refractivity contribution in [3.63, 3.8) is 0 Å². The fourth-order valence-corrected chi connectivity index (χ4v) is 3.06. The molecule has 0 fully saturated rings. The van der Waals surface area contributed by atoms with E-state index < -0.39 is 0 Å². The van der Waals surface area contributed by atoms with Crippen LogP contribution in [0.1, 0.15) is 35.9 Å². The van der Waals surface area contributed by atoms with E-state index in [2.05, 4.69) is 12.2 Å². The first-order valence-electron chi connectivity index (χ1n) is 6.84. The molecular formula is C15H19FN2OS. The molecule has 1 unspecified atom stereocenters. The van der Waals surface area contributed by atoms with Gasteiger partial charge in [0.2, 0.25) is 0 Å². The molecule has 108 valence electrons. The first-order chi connectivity index (χ1) is 9.63. The molecule has 5 heteroatoms. The maximum absolute atomic E-state index is 13.1. The molecule has 2 rings (SSSR count). The number of hydrogen-bond acceptors (Lipinski definition) is 3. The van der Waals surface area contributed by atoms with Crippen LogP contribution in [0.4, 0.5) is 4.39 Å². The largest absolute Gasteiger partial charge is 0.347 e. The standard InChI is InChI=1S/C15H19FN2OS/c1-2-3-4-12(9-17)18-15(19)14-7-10-5-6-11(16)8-13(10)20-14/h5-8,12H,2-4,9,17H2,1H3,(H,18,19). The highest BCUT2D eigenvalue weighted by atomic mass is 32.1. The molecule has 0 aliphatic carbocycles. The van der Waals surface area contributed by atoms with Gasteiger partial charge >= 0.3 is 0 Å². The molecule has 0 radical (unpaired) electrons. The number of hydrogen-bond donors (Lipinski definition) is 2. The summed E-state index contributed by atoms with van der Waals surface area (Å²) in [6, 6.07) is 6.34. The van der Waals surface area contributed by atoms with E-state index in [1.807, 2.05) is 0 Å². The lowest BCUT2D eigenvalue weighted by atomic mass is 10.1. The maximum atomic E-state index is 13.1. The van der Waals surface area contributed by atoms with E-state index in [1.165, 1.54) is 23.5 Å². The van der Waals surface area contributed by atoms with Crippen molar-refractivity contribution in [1.29, 1.82) is 0 Å². The third kappa shape index (κ3) is 3.55. The van der Waals surface area contributed by atoms with Gasteiger partial charge in [0.15, 0.2) is 0 Å². The van der Waals surface area contributed by atoms with E-state index in [-0.39, 0.29) is 17.8 Å². The molecule has 0 aliphatic rings. The highest BCUT2D eigenvalue weighted by Crippen LogP contribution is 2.26. The van der Waals surface area contributed by atoms with Crippen molar-refractivity contribution in [2.75, 3.05) is 6.54 Å². The number of thiophene rings is 1. The van der Waals surface area contributed by atoms with Gasteiger partial charge in [-0.1, -0.05) is 25.8 Å². The lowest BCUT2D eigenvalue weighted by molar-refractivity contribution is 0.0940. The highest BCUT2D eigenvalue weighted by Gasteiger charge is 2.14. The Balaban J connectivity index is 2.10. The average Bonchev–Trinajstić information content (AvgIpc) is 2.86. The summed E-state index contributed by atoms with van der Waals surface area (Å²) in [5.74, 6) is -0.410. The van der Waals surface area contributed by atoms with E-state index in [1.54, 1.807) is 12.1 Å². The van der Waals surface area contributed by atoms with Gasteiger partial charge < -0.3 is 11.1 Å². The van der Waals surface area contributed by atoms with E-state index in [4.69, 9.17) is 5.73 Å². The van der Waals surface area contributed by atoms with Gasteiger partial charge in [0.25, 0.3) is 5.91 Å². The zero-order chi connectivity index (χ0) is 14.5. The van der Waals surface area contributed by atoms with Crippen molar-refractivity contribution < 1.29 is 9.18 Å². The fourth-order valence-electron chi connectivity index (χ4n) is 2.07. The van der Waals surface area contributed by atoms with E-state index in [0.29, 0.717) is 11.4 Å². The van der Waals surface area contributed by atoms with E-state index >= 15 is 0 Å². The van der Waals surface area contributed by atoms with Crippen LogP contribution in [0.5, 0.6) is 0 Å². The van der Waals surface area contributed by atoms with Crippen LogP contribution in [0, 0.1) is 5.82 Å². The van der Waals surface area contributed by atoms with Gasteiger partial charge in [0, 0.05) is 17.3 Å². The van der Waals surface area contributed by atoms with Crippen molar-refractivity contribution in [3.8, 4) is 0 Å². The normalized spacial score (nSPS) is 12.6. The summed E-state index contributed by atoms with van der Waals surface area (Å²) in [6.45, 7) is 2.54. The van der Waals surface area contributed by atoms with Crippen molar-refractivity contribution >= 4 is 27.3 Å². The molecule has 1 aromatic carbocycles. The molecule has 0 aliphatic heterocycles. The Kier molecular flexibility index (Phi) is 5.09. The third-order valence-electron chi connectivity index (χ3n) is 3.23. The summed E-state index contributed by atoms with van der Waals surface area (Å²) in [4.78, 5) is 12.8. The van der Waals surface area contributed by atoms with Crippen LogP contribution in [0.25, 0.3) is 10.1 Å². The van der Waals surface area contributed by atoms with Crippen molar-refractivity contribution in [2.24, 2.45) is 5.73 Å². The predicted molar refractivity (Wildman–Crippen MR) is 81.6 cm³/mol. The number of nitrogens with one attached hydrogen (secondary N) is 1. The summed E-state index contributed by atoms with van der Waals surface area (Å²) < 4.78 is 13.9. The van der Waals surface area contributed by atoms with Crippen LogP contribution in [0.3, 0.4) is 0 Å². The Hall–Kier alpha value is -1.46. The van der Waals surface area contributed by atoms with Crippen LogP contribution in [0.15, 0.2) is 24.3 Å². The number of fused-ring (bicyclic) bond motifs is 1. The molecule has 3 N–H and O–H groups in total. The lowest BCUT2D eigenvalue weighted by Gasteiger charge is -2.15. The Morgan fingerprint density at radius 2 is 2.25 bits per heavy atom.